The van der Waals surface area contributed by atoms with Gasteiger partial charge in [0, 0.05) is 11.9 Å². The molecular weight excluding hydrogens is 346 g/mol. The second kappa shape index (κ2) is 7.94. The summed E-state index contributed by atoms with van der Waals surface area (Å²) in [6, 6.07) is 10.5. The molecule has 0 radical (unpaired) electrons. The van der Waals surface area contributed by atoms with Crippen molar-refractivity contribution in [2.45, 2.75) is 39.3 Å². The lowest BCUT2D eigenvalue weighted by molar-refractivity contribution is -0.147. The van der Waals surface area contributed by atoms with Crippen molar-refractivity contribution in [3.8, 4) is 0 Å². The number of aromatic nitrogens is 4. The molecule has 1 N–H and O–H groups in total. The van der Waals surface area contributed by atoms with E-state index < -0.39 is 11.9 Å². The molecule has 1 aromatic carbocycles. The predicted molar refractivity (Wildman–Crippen MR) is 98.0 cm³/mol. The molecule has 0 fully saturated rings. The van der Waals surface area contributed by atoms with Crippen molar-refractivity contribution in [3.63, 3.8) is 0 Å². The first-order valence-corrected chi connectivity index (χ1v) is 8.67. The lowest BCUT2D eigenvalue weighted by atomic mass is 10.0. The molecule has 2 heterocycles. The topological polar surface area (TPSA) is 98.5 Å². The quantitative estimate of drug-likeness (QED) is 0.671. The third kappa shape index (κ3) is 4.46. The van der Waals surface area contributed by atoms with Crippen molar-refractivity contribution in [3.05, 3.63) is 59.7 Å². The number of carbonyl (C=O) groups excluding carboxylic acids is 2. The van der Waals surface area contributed by atoms with E-state index in [4.69, 9.17) is 4.74 Å². The fourth-order valence-corrected chi connectivity index (χ4v) is 2.64. The van der Waals surface area contributed by atoms with Gasteiger partial charge in [-0.05, 0) is 32.4 Å². The minimum absolute atomic E-state index is 0.00467. The van der Waals surface area contributed by atoms with Crippen LogP contribution in [0.1, 0.15) is 48.2 Å². The molecule has 0 aliphatic carbocycles. The maximum absolute atomic E-state index is 12.7. The van der Waals surface area contributed by atoms with Crippen molar-refractivity contribution in [1.82, 2.24) is 24.9 Å². The minimum Gasteiger partial charge on any atom is -0.463 e. The second-order valence-corrected chi connectivity index (χ2v) is 6.41. The maximum Gasteiger partial charge on any atom is 0.308 e. The zero-order chi connectivity index (χ0) is 19.4. The highest BCUT2D eigenvalue weighted by Gasteiger charge is 2.23. The van der Waals surface area contributed by atoms with Crippen molar-refractivity contribution in [2.75, 3.05) is 0 Å². The largest absolute Gasteiger partial charge is 0.463 e. The molecule has 0 unspecified atom stereocenters. The molecule has 8 heteroatoms. The molecule has 27 heavy (non-hydrogen) atoms. The van der Waals surface area contributed by atoms with E-state index in [1.54, 1.807) is 26.1 Å². The summed E-state index contributed by atoms with van der Waals surface area (Å²) in [4.78, 5) is 33.1. The van der Waals surface area contributed by atoms with E-state index >= 15 is 0 Å². The van der Waals surface area contributed by atoms with Gasteiger partial charge in [-0.15, -0.1) is 5.10 Å². The number of esters is 1. The summed E-state index contributed by atoms with van der Waals surface area (Å²) in [7, 11) is 0. The Balaban J connectivity index is 1.82. The summed E-state index contributed by atoms with van der Waals surface area (Å²) in [6.45, 7) is 5.41. The van der Waals surface area contributed by atoms with E-state index in [0.717, 1.165) is 11.3 Å². The van der Waals surface area contributed by atoms with Gasteiger partial charge in [-0.25, -0.2) is 9.50 Å². The molecule has 3 aromatic rings. The number of nitrogens with one attached hydrogen (secondary N) is 1. The van der Waals surface area contributed by atoms with Gasteiger partial charge < -0.3 is 10.1 Å². The summed E-state index contributed by atoms with van der Waals surface area (Å²) in [5.41, 5.74) is 1.61. The normalized spacial score (nSPS) is 12.1. The fourth-order valence-electron chi connectivity index (χ4n) is 2.64. The molecule has 0 aliphatic rings. The van der Waals surface area contributed by atoms with E-state index in [2.05, 4.69) is 20.4 Å². The van der Waals surface area contributed by atoms with Crippen molar-refractivity contribution in [1.29, 1.82) is 0 Å². The van der Waals surface area contributed by atoms with Crippen LogP contribution in [-0.2, 0) is 9.53 Å². The summed E-state index contributed by atoms with van der Waals surface area (Å²) in [6.07, 6.45) is 1.40. The lowest BCUT2D eigenvalue weighted by Crippen LogP contribution is -2.31. The summed E-state index contributed by atoms with van der Waals surface area (Å²) < 4.78 is 6.72. The monoisotopic (exact) mass is 367 g/mol. The minimum atomic E-state index is -0.550. The zero-order valence-corrected chi connectivity index (χ0v) is 15.4. The highest BCUT2D eigenvalue weighted by molar-refractivity contribution is 5.91. The Morgan fingerprint density at radius 3 is 2.59 bits per heavy atom. The Morgan fingerprint density at radius 1 is 1.19 bits per heavy atom. The third-order valence-electron chi connectivity index (χ3n) is 3.88. The van der Waals surface area contributed by atoms with E-state index in [9.17, 15) is 9.59 Å². The van der Waals surface area contributed by atoms with E-state index in [1.807, 2.05) is 37.3 Å². The Morgan fingerprint density at radius 2 is 1.93 bits per heavy atom. The molecule has 0 bridgehead atoms. The average molecular weight is 367 g/mol. The summed E-state index contributed by atoms with van der Waals surface area (Å²) in [5.74, 6) is -0.531. The number of hydrogen-bond acceptors (Lipinski definition) is 6. The fraction of sp³-hybridized carbons (Fsp3) is 0.316. The molecule has 1 amide bonds. The average Bonchev–Trinajstić information content (AvgIpc) is 3.07. The van der Waals surface area contributed by atoms with Gasteiger partial charge in [0.25, 0.3) is 11.7 Å². The molecule has 2 aromatic heterocycles. The first-order valence-electron chi connectivity index (χ1n) is 8.67. The van der Waals surface area contributed by atoms with Crippen LogP contribution in [-0.4, -0.2) is 37.6 Å². The molecule has 0 spiro atoms. The van der Waals surface area contributed by atoms with Crippen LogP contribution in [0.3, 0.4) is 0 Å². The van der Waals surface area contributed by atoms with Crippen LogP contribution in [0, 0.1) is 6.92 Å². The van der Waals surface area contributed by atoms with Gasteiger partial charge in [0.2, 0.25) is 5.82 Å². The van der Waals surface area contributed by atoms with E-state index in [0.29, 0.717) is 5.78 Å². The number of hydrogen-bond donors (Lipinski definition) is 1. The van der Waals surface area contributed by atoms with Gasteiger partial charge in [-0.1, -0.05) is 30.3 Å². The first-order chi connectivity index (χ1) is 12.9. The highest BCUT2D eigenvalue weighted by atomic mass is 16.5. The molecule has 140 valence electrons. The molecule has 8 nitrogen and oxygen atoms in total. The Labute approximate surface area is 156 Å². The Kier molecular flexibility index (Phi) is 5.44. The van der Waals surface area contributed by atoms with Gasteiger partial charge in [-0.2, -0.15) is 4.98 Å². The summed E-state index contributed by atoms with van der Waals surface area (Å²) in [5, 5.41) is 7.03. The van der Waals surface area contributed by atoms with Crippen LogP contribution in [0.25, 0.3) is 5.78 Å². The molecule has 0 saturated heterocycles. The number of nitrogens with zero attached hydrogens (tertiary/aromatic N) is 4. The van der Waals surface area contributed by atoms with Gasteiger partial charge in [0.1, 0.15) is 0 Å². The molecular formula is C19H21N5O3. The molecule has 0 aliphatic heterocycles. The zero-order valence-electron chi connectivity index (χ0n) is 15.4. The Bertz CT molecular complexity index is 952. The maximum atomic E-state index is 12.7. The van der Waals surface area contributed by atoms with Gasteiger partial charge in [0.15, 0.2) is 0 Å². The van der Waals surface area contributed by atoms with Gasteiger partial charge in [0.05, 0.1) is 18.6 Å². The summed E-state index contributed by atoms with van der Waals surface area (Å²) >= 11 is 0. The van der Waals surface area contributed by atoms with Gasteiger partial charge >= 0.3 is 5.97 Å². The number of benzene rings is 1. The van der Waals surface area contributed by atoms with E-state index in [-0.39, 0.29) is 24.3 Å². The number of aryl methyl sites for hydroxylation is 1. The number of ether oxygens (including phenoxy) is 1. The van der Waals surface area contributed by atoms with Gasteiger partial charge in [-0.3, -0.25) is 9.59 Å². The van der Waals surface area contributed by atoms with E-state index in [1.165, 1.54) is 4.52 Å². The Hall–Kier alpha value is -3.29. The van der Waals surface area contributed by atoms with Crippen molar-refractivity contribution in [2.24, 2.45) is 0 Å². The van der Waals surface area contributed by atoms with Crippen LogP contribution < -0.4 is 5.32 Å². The first kappa shape index (κ1) is 18.5. The highest BCUT2D eigenvalue weighted by Crippen LogP contribution is 2.18. The van der Waals surface area contributed by atoms with Crippen LogP contribution >= 0.6 is 0 Å². The second-order valence-electron chi connectivity index (χ2n) is 6.41. The van der Waals surface area contributed by atoms with Crippen molar-refractivity contribution >= 4 is 17.7 Å². The predicted octanol–water partition coefficient (Wildman–Crippen LogP) is 2.25. The third-order valence-corrected chi connectivity index (χ3v) is 3.88. The SMILES string of the molecule is Cc1ccnc2nc(C(=O)N[C@@H](CC(=O)OC(C)C)c3ccccc3)nn12. The van der Waals surface area contributed by atoms with Crippen LogP contribution in [0.15, 0.2) is 42.6 Å². The number of carbonyl (C=O) groups is 2. The number of rotatable bonds is 6. The molecule has 0 saturated carbocycles. The lowest BCUT2D eigenvalue weighted by Gasteiger charge is -2.18. The number of fused-ring (bicyclic) bond motifs is 1. The molecule has 1 atom stereocenters. The van der Waals surface area contributed by atoms with Crippen LogP contribution in [0.5, 0.6) is 0 Å². The number of amides is 1. The standard InChI is InChI=1S/C19H21N5O3/c1-12(2)27-16(25)11-15(14-7-5-4-6-8-14)21-18(26)17-22-19-20-10-9-13(3)24(19)23-17/h4-10,12,15H,11H2,1-3H3,(H,21,26)/t15-/m0/s1. The smallest absolute Gasteiger partial charge is 0.308 e. The van der Waals surface area contributed by atoms with Crippen LogP contribution in [0.4, 0.5) is 0 Å². The van der Waals surface area contributed by atoms with Crippen molar-refractivity contribution < 1.29 is 14.3 Å². The molecule has 3 rings (SSSR count). The van der Waals surface area contributed by atoms with Crippen LogP contribution in [0.2, 0.25) is 0 Å².